The topological polar surface area (TPSA) is 77.7 Å². The highest BCUT2D eigenvalue weighted by Gasteiger charge is 2.38. The highest BCUT2D eigenvalue weighted by molar-refractivity contribution is 7.91. The lowest BCUT2D eigenvalue weighted by molar-refractivity contribution is -0.141. The molecular weight excluding hydrogens is 462 g/mol. The normalized spacial score (nSPS) is 15.5. The zero-order valence-electron chi connectivity index (χ0n) is 16.7. The molecule has 1 aliphatic rings. The van der Waals surface area contributed by atoms with Gasteiger partial charge in [-0.15, -0.1) is 0 Å². The number of alkyl halides is 6. The number of sulfone groups is 1. The molecule has 3 heterocycles. The van der Waals surface area contributed by atoms with Gasteiger partial charge in [0, 0.05) is 19.2 Å². The van der Waals surface area contributed by atoms with Gasteiger partial charge in [0.2, 0.25) is 0 Å². The van der Waals surface area contributed by atoms with Crippen molar-refractivity contribution in [3.8, 4) is 11.5 Å². The first-order valence-electron chi connectivity index (χ1n) is 9.49. The van der Waals surface area contributed by atoms with E-state index in [1.54, 1.807) is 0 Å². The van der Waals surface area contributed by atoms with Crippen molar-refractivity contribution in [3.63, 3.8) is 0 Å². The summed E-state index contributed by atoms with van der Waals surface area (Å²) in [6.45, 7) is 1.26. The summed E-state index contributed by atoms with van der Waals surface area (Å²) >= 11 is 0. The molecule has 6 nitrogen and oxygen atoms in total. The predicted octanol–water partition coefficient (Wildman–Crippen LogP) is 4.74. The Bertz CT molecular complexity index is 1320. The molecule has 0 saturated heterocycles. The van der Waals surface area contributed by atoms with Gasteiger partial charge in [0.05, 0.1) is 32.9 Å². The number of hydrogen-bond acceptors (Lipinski definition) is 5. The van der Waals surface area contributed by atoms with E-state index in [0.717, 1.165) is 6.07 Å². The van der Waals surface area contributed by atoms with Crippen LogP contribution in [0.4, 0.5) is 26.3 Å². The second kappa shape index (κ2) is 7.15. The molecule has 1 aliphatic carbocycles. The van der Waals surface area contributed by atoms with Crippen molar-refractivity contribution in [1.29, 1.82) is 0 Å². The molecule has 0 spiro atoms. The second-order valence-electron chi connectivity index (χ2n) is 7.50. The van der Waals surface area contributed by atoms with E-state index in [2.05, 4.69) is 15.0 Å². The maximum atomic E-state index is 13.3. The molecule has 172 valence electrons. The summed E-state index contributed by atoms with van der Waals surface area (Å²) in [4.78, 5) is 10.9. The van der Waals surface area contributed by atoms with Crippen molar-refractivity contribution in [2.45, 2.75) is 42.9 Å². The summed E-state index contributed by atoms with van der Waals surface area (Å²) in [5.74, 6) is -0.869. The third-order valence-electron chi connectivity index (χ3n) is 5.24. The molecule has 1 saturated carbocycles. The van der Waals surface area contributed by atoms with Crippen molar-refractivity contribution in [3.05, 3.63) is 35.3 Å². The number of aryl methyl sites for hydroxylation is 1. The Kier molecular flexibility index (Phi) is 5.03. The molecule has 0 atom stereocenters. The van der Waals surface area contributed by atoms with Crippen LogP contribution in [0.25, 0.3) is 22.6 Å². The fraction of sp³-hybridized carbons (Fsp3) is 0.421. The van der Waals surface area contributed by atoms with Crippen molar-refractivity contribution in [1.82, 2.24) is 19.5 Å². The van der Waals surface area contributed by atoms with Crippen molar-refractivity contribution in [2.75, 3.05) is 5.75 Å². The van der Waals surface area contributed by atoms with Gasteiger partial charge < -0.3 is 4.57 Å². The van der Waals surface area contributed by atoms with Gasteiger partial charge >= 0.3 is 12.4 Å². The van der Waals surface area contributed by atoms with E-state index in [1.165, 1.54) is 18.5 Å². The first-order chi connectivity index (χ1) is 14.7. The highest BCUT2D eigenvalue weighted by atomic mass is 32.2. The van der Waals surface area contributed by atoms with Gasteiger partial charge in [0.15, 0.2) is 15.7 Å². The second-order valence-corrected chi connectivity index (χ2v) is 9.75. The summed E-state index contributed by atoms with van der Waals surface area (Å²) in [7, 11) is -2.73. The average molecular weight is 478 g/mol. The number of aromatic nitrogens is 4. The number of hydrogen-bond donors (Lipinski definition) is 0. The first kappa shape index (κ1) is 22.5. The number of pyridine rings is 2. The van der Waals surface area contributed by atoms with Gasteiger partial charge in [-0.25, -0.2) is 18.4 Å². The summed E-state index contributed by atoms with van der Waals surface area (Å²) < 4.78 is 106. The monoisotopic (exact) mass is 478 g/mol. The zero-order valence-corrected chi connectivity index (χ0v) is 17.5. The molecule has 0 aliphatic heterocycles. The lowest BCUT2D eigenvalue weighted by atomic mass is 10.2. The van der Waals surface area contributed by atoms with Crippen LogP contribution < -0.4 is 0 Å². The van der Waals surface area contributed by atoms with Crippen LogP contribution in [0.3, 0.4) is 0 Å². The lowest BCUT2D eigenvalue weighted by Gasteiger charge is -2.13. The van der Waals surface area contributed by atoms with Crippen LogP contribution in [0.1, 0.15) is 42.6 Å². The van der Waals surface area contributed by atoms with Crippen LogP contribution in [0.15, 0.2) is 23.2 Å². The summed E-state index contributed by atoms with van der Waals surface area (Å²) in [5.41, 5.74) is -2.42. The van der Waals surface area contributed by atoms with Crippen LogP contribution in [0.5, 0.6) is 0 Å². The molecule has 0 amide bonds. The van der Waals surface area contributed by atoms with Crippen molar-refractivity contribution >= 4 is 20.9 Å². The zero-order chi connectivity index (χ0) is 23.6. The summed E-state index contributed by atoms with van der Waals surface area (Å²) in [5, 5.41) is 0. The van der Waals surface area contributed by atoms with E-state index >= 15 is 0 Å². The Morgan fingerprint density at radius 1 is 1.06 bits per heavy atom. The van der Waals surface area contributed by atoms with Gasteiger partial charge in [-0.3, -0.25) is 4.98 Å². The van der Waals surface area contributed by atoms with E-state index in [-0.39, 0.29) is 34.2 Å². The first-order valence-corrected chi connectivity index (χ1v) is 11.1. The predicted molar refractivity (Wildman–Crippen MR) is 101 cm³/mol. The van der Waals surface area contributed by atoms with Crippen LogP contribution in [0, 0.1) is 0 Å². The van der Waals surface area contributed by atoms with Gasteiger partial charge in [-0.1, -0.05) is 6.92 Å². The maximum Gasteiger partial charge on any atom is 0.433 e. The molecule has 3 aromatic rings. The maximum absolute atomic E-state index is 13.3. The number of rotatable bonds is 4. The molecule has 0 unspecified atom stereocenters. The fourth-order valence-corrected chi connectivity index (χ4v) is 4.48. The molecule has 0 aromatic carbocycles. The number of nitrogens with zero attached hydrogens (tertiary/aromatic N) is 4. The molecular formula is C19H16F6N4O2S. The Morgan fingerprint density at radius 2 is 1.72 bits per heavy atom. The molecule has 1 fully saturated rings. The van der Waals surface area contributed by atoms with Gasteiger partial charge in [0.1, 0.15) is 11.4 Å². The molecule has 13 heteroatoms. The summed E-state index contributed by atoms with van der Waals surface area (Å²) in [6, 6.07) is 1.21. The minimum atomic E-state index is -4.83. The fourth-order valence-electron chi connectivity index (χ4n) is 3.43. The third-order valence-corrected chi connectivity index (χ3v) is 6.98. The minimum Gasteiger partial charge on any atom is -0.324 e. The Hall–Kier alpha value is -2.70. The molecule has 4 rings (SSSR count). The van der Waals surface area contributed by atoms with Gasteiger partial charge in [-0.05, 0) is 25.0 Å². The van der Waals surface area contributed by atoms with E-state index in [1.807, 2.05) is 0 Å². The number of halogens is 6. The minimum absolute atomic E-state index is 0.0896. The van der Waals surface area contributed by atoms with Crippen LogP contribution >= 0.6 is 0 Å². The van der Waals surface area contributed by atoms with E-state index in [4.69, 9.17) is 0 Å². The molecule has 0 radical (unpaired) electrons. The number of imidazole rings is 1. The van der Waals surface area contributed by atoms with Crippen molar-refractivity contribution < 1.29 is 34.8 Å². The van der Waals surface area contributed by atoms with E-state index < -0.39 is 44.1 Å². The smallest absolute Gasteiger partial charge is 0.324 e. The molecule has 0 N–H and O–H groups in total. The SMILES string of the molecule is CCS(=O)(=O)c1cc(C(F)(F)F)cnc1-c1nc2cc(C(F)(F)F)nc(C3CC3)c2n1C. The standard InChI is InChI=1S/C19H16F6N4O2S/c1-3-32(30,31)12-6-10(18(20,21)22)8-26-15(12)17-27-11-7-13(19(23,24)25)28-14(9-4-5-9)16(11)29(17)2/h6-9H,3-5H2,1-2H3. The Labute approximate surface area is 178 Å². The molecule has 32 heavy (non-hydrogen) atoms. The van der Waals surface area contributed by atoms with Crippen LogP contribution in [0.2, 0.25) is 0 Å². The average Bonchev–Trinajstić information content (AvgIpc) is 3.49. The lowest BCUT2D eigenvalue weighted by Crippen LogP contribution is -2.13. The van der Waals surface area contributed by atoms with Gasteiger partial charge in [-0.2, -0.15) is 26.3 Å². The van der Waals surface area contributed by atoms with Gasteiger partial charge in [0.25, 0.3) is 0 Å². The largest absolute Gasteiger partial charge is 0.433 e. The van der Waals surface area contributed by atoms with Crippen molar-refractivity contribution in [2.24, 2.45) is 7.05 Å². The molecule has 0 bridgehead atoms. The Morgan fingerprint density at radius 3 is 2.25 bits per heavy atom. The van der Waals surface area contributed by atoms with Crippen LogP contribution in [-0.4, -0.2) is 33.7 Å². The summed E-state index contributed by atoms with van der Waals surface area (Å²) in [6.07, 6.45) is -7.81. The Balaban J connectivity index is 2.02. The van der Waals surface area contributed by atoms with E-state index in [0.29, 0.717) is 25.1 Å². The van der Waals surface area contributed by atoms with Crippen LogP contribution in [-0.2, 0) is 29.2 Å². The quantitative estimate of drug-likeness (QED) is 0.507. The van der Waals surface area contributed by atoms with E-state index in [9.17, 15) is 34.8 Å². The highest BCUT2D eigenvalue weighted by Crippen LogP contribution is 2.44. The number of fused-ring (bicyclic) bond motifs is 1. The third kappa shape index (κ3) is 3.82. The molecule has 3 aromatic heterocycles.